The second kappa shape index (κ2) is 5.74. The first kappa shape index (κ1) is 19.8. The van der Waals surface area contributed by atoms with Crippen molar-refractivity contribution in [3.05, 3.63) is 46.6 Å². The molecule has 1 N–H and O–H groups in total. The van der Waals surface area contributed by atoms with E-state index in [0.717, 1.165) is 0 Å². The van der Waals surface area contributed by atoms with Gasteiger partial charge in [-0.2, -0.15) is 13.2 Å². The molecule has 1 aromatic carbocycles. The van der Waals surface area contributed by atoms with Crippen LogP contribution in [0, 0.1) is 0 Å². The molecule has 1 aliphatic rings. The predicted octanol–water partition coefficient (Wildman–Crippen LogP) is 4.32. The fourth-order valence-corrected chi connectivity index (χ4v) is 4.83. The van der Waals surface area contributed by atoms with E-state index in [1.54, 1.807) is 56.0 Å². The third-order valence-corrected chi connectivity index (χ3v) is 5.96. The number of rotatable bonds is 2. The van der Waals surface area contributed by atoms with Crippen molar-refractivity contribution in [2.24, 2.45) is 0 Å². The van der Waals surface area contributed by atoms with Crippen LogP contribution in [-0.4, -0.2) is 35.0 Å². The first-order chi connectivity index (χ1) is 11.1. The van der Waals surface area contributed by atoms with Gasteiger partial charge in [-0.3, -0.25) is 4.90 Å². The maximum Gasteiger partial charge on any atom is 0.501 e. The van der Waals surface area contributed by atoms with Crippen LogP contribution >= 0.6 is 0 Å². The Kier molecular flexibility index (Phi) is 4.54. The van der Waals surface area contributed by atoms with Gasteiger partial charge in [0.1, 0.15) is 10.7 Å². The van der Waals surface area contributed by atoms with Crippen LogP contribution in [0.4, 0.5) is 13.2 Å². The van der Waals surface area contributed by atoms with Gasteiger partial charge in [0.2, 0.25) is 0 Å². The molecule has 0 amide bonds. The number of benzene rings is 1. The van der Waals surface area contributed by atoms with Crippen LogP contribution in [0.25, 0.3) is 0 Å². The van der Waals surface area contributed by atoms with E-state index >= 15 is 0 Å². The molecule has 0 spiro atoms. The third-order valence-electron chi connectivity index (χ3n) is 4.35. The molecule has 0 bridgehead atoms. The Balaban J connectivity index is 2.85. The Morgan fingerprint density at radius 2 is 1.56 bits per heavy atom. The normalized spacial score (nSPS) is 22.5. The minimum absolute atomic E-state index is 0.373. The maximum absolute atomic E-state index is 13.3. The van der Waals surface area contributed by atoms with E-state index in [9.17, 15) is 26.7 Å². The van der Waals surface area contributed by atoms with E-state index in [1.165, 1.54) is 13.8 Å². The van der Waals surface area contributed by atoms with Gasteiger partial charge in [0.05, 0.1) is 11.6 Å². The van der Waals surface area contributed by atoms with Crippen LogP contribution in [0.15, 0.2) is 41.0 Å². The quantitative estimate of drug-likeness (QED) is 0.834. The number of halogens is 3. The molecule has 1 unspecified atom stereocenters. The highest BCUT2D eigenvalue weighted by Gasteiger charge is 2.60. The fraction of sp³-hybridized carbons (Fsp3) is 0.529. The molecule has 0 saturated carbocycles. The van der Waals surface area contributed by atoms with Gasteiger partial charge in [0.15, 0.2) is 0 Å². The van der Waals surface area contributed by atoms with E-state index in [2.05, 4.69) is 0 Å². The molecular formula is C17H22F3NO3S. The smallest absolute Gasteiger partial charge is 0.501 e. The van der Waals surface area contributed by atoms with Gasteiger partial charge in [-0.1, -0.05) is 30.3 Å². The van der Waals surface area contributed by atoms with Crippen molar-refractivity contribution in [2.45, 2.75) is 57.2 Å². The number of hydrogen-bond donors (Lipinski definition) is 1. The number of aliphatic hydroxyl groups is 1. The zero-order valence-electron chi connectivity index (χ0n) is 14.7. The predicted molar refractivity (Wildman–Crippen MR) is 89.5 cm³/mol. The molecule has 2 rings (SSSR count). The molecule has 0 saturated heterocycles. The lowest BCUT2D eigenvalue weighted by molar-refractivity contribution is -0.0432. The summed E-state index contributed by atoms with van der Waals surface area (Å²) in [6.45, 7) is 8.33. The molecule has 1 aromatic rings. The standard InChI is InChI=1S/C17H22F3NO3S/c1-15(2,3)21-12(11-9-7-6-8-10-11)13(14(22)16(21,4)5)25(23,24)17(18,19)20/h6-10,12,22H,1-5H3. The Hall–Kier alpha value is -1.54. The van der Waals surface area contributed by atoms with Gasteiger partial charge in [-0.05, 0) is 40.2 Å². The molecule has 0 aliphatic carbocycles. The molecule has 4 nitrogen and oxygen atoms in total. The fourth-order valence-electron chi connectivity index (χ4n) is 3.55. The van der Waals surface area contributed by atoms with Gasteiger partial charge in [-0.15, -0.1) is 0 Å². The lowest BCUT2D eigenvalue weighted by Gasteiger charge is -2.46. The monoisotopic (exact) mass is 377 g/mol. The Labute approximate surface area is 145 Å². The number of sulfone groups is 1. The average Bonchev–Trinajstić information content (AvgIpc) is 2.66. The molecule has 140 valence electrons. The molecular weight excluding hydrogens is 355 g/mol. The minimum atomic E-state index is -5.70. The topological polar surface area (TPSA) is 57.6 Å². The van der Waals surface area contributed by atoms with Crippen molar-refractivity contribution in [3.63, 3.8) is 0 Å². The van der Waals surface area contributed by atoms with Crippen LogP contribution in [0.5, 0.6) is 0 Å². The summed E-state index contributed by atoms with van der Waals surface area (Å²) in [6.07, 6.45) is 0. The SMILES string of the molecule is CC(C)(C)N1C(c2ccccc2)C(S(=O)(=O)C(F)(F)F)=C(O)C1(C)C. The molecule has 1 atom stereocenters. The number of alkyl halides is 3. The summed E-state index contributed by atoms with van der Waals surface area (Å²) < 4.78 is 64.3. The van der Waals surface area contributed by atoms with Gasteiger partial charge in [0.25, 0.3) is 9.84 Å². The van der Waals surface area contributed by atoms with Crippen molar-refractivity contribution in [3.8, 4) is 0 Å². The zero-order chi connectivity index (χ0) is 19.4. The highest BCUT2D eigenvalue weighted by molar-refractivity contribution is 7.96. The lowest BCUT2D eigenvalue weighted by Crippen LogP contribution is -2.53. The van der Waals surface area contributed by atoms with Crippen LogP contribution in [-0.2, 0) is 9.84 Å². The Morgan fingerprint density at radius 3 is 1.96 bits per heavy atom. The van der Waals surface area contributed by atoms with Gasteiger partial charge < -0.3 is 5.11 Å². The van der Waals surface area contributed by atoms with Crippen LogP contribution in [0.2, 0.25) is 0 Å². The number of aliphatic hydroxyl groups excluding tert-OH is 1. The van der Waals surface area contributed by atoms with E-state index < -0.39 is 43.1 Å². The number of nitrogens with zero attached hydrogens (tertiary/aromatic N) is 1. The Morgan fingerprint density at radius 1 is 1.08 bits per heavy atom. The van der Waals surface area contributed by atoms with E-state index in [1.807, 2.05) is 0 Å². The summed E-state index contributed by atoms with van der Waals surface area (Å²) in [5.74, 6) is -0.770. The molecule has 0 radical (unpaired) electrons. The van der Waals surface area contributed by atoms with Crippen molar-refractivity contribution >= 4 is 9.84 Å². The maximum atomic E-state index is 13.3. The molecule has 8 heteroatoms. The highest BCUT2D eigenvalue weighted by atomic mass is 32.2. The van der Waals surface area contributed by atoms with Crippen molar-refractivity contribution in [2.75, 3.05) is 0 Å². The molecule has 25 heavy (non-hydrogen) atoms. The third kappa shape index (κ3) is 3.06. The first-order valence-electron chi connectivity index (χ1n) is 7.73. The lowest BCUT2D eigenvalue weighted by atomic mass is 9.93. The molecule has 0 aromatic heterocycles. The van der Waals surface area contributed by atoms with Crippen molar-refractivity contribution in [1.29, 1.82) is 0 Å². The van der Waals surface area contributed by atoms with Crippen LogP contribution in [0.1, 0.15) is 46.2 Å². The first-order valence-corrected chi connectivity index (χ1v) is 9.21. The summed E-state index contributed by atoms with van der Waals surface area (Å²) in [6, 6.07) is 6.82. The van der Waals surface area contributed by atoms with E-state index in [-0.39, 0.29) is 0 Å². The second-order valence-electron chi connectivity index (χ2n) is 7.58. The zero-order valence-corrected chi connectivity index (χ0v) is 15.5. The van der Waals surface area contributed by atoms with Gasteiger partial charge in [0, 0.05) is 5.54 Å². The van der Waals surface area contributed by atoms with Gasteiger partial charge >= 0.3 is 5.51 Å². The summed E-state index contributed by atoms with van der Waals surface area (Å²) >= 11 is 0. The Bertz CT molecular complexity index is 791. The molecule has 0 fully saturated rings. The van der Waals surface area contributed by atoms with E-state index in [4.69, 9.17) is 0 Å². The summed E-state index contributed by atoms with van der Waals surface area (Å²) in [4.78, 5) is 0.606. The molecule has 1 heterocycles. The van der Waals surface area contributed by atoms with Crippen molar-refractivity contribution in [1.82, 2.24) is 4.90 Å². The van der Waals surface area contributed by atoms with Crippen LogP contribution < -0.4 is 0 Å². The highest BCUT2D eigenvalue weighted by Crippen LogP contribution is 2.53. The van der Waals surface area contributed by atoms with Crippen molar-refractivity contribution < 1.29 is 26.7 Å². The second-order valence-corrected chi connectivity index (χ2v) is 9.48. The summed E-state index contributed by atoms with van der Waals surface area (Å²) in [7, 11) is -5.70. The van der Waals surface area contributed by atoms with Crippen LogP contribution in [0.3, 0.4) is 0 Å². The summed E-state index contributed by atoms with van der Waals surface area (Å²) in [5.41, 5.74) is -7.11. The number of hydrogen-bond acceptors (Lipinski definition) is 4. The largest absolute Gasteiger partial charge is 0.509 e. The average molecular weight is 377 g/mol. The molecule has 1 aliphatic heterocycles. The summed E-state index contributed by atoms with van der Waals surface area (Å²) in [5, 5.41) is 10.5. The van der Waals surface area contributed by atoms with Gasteiger partial charge in [-0.25, -0.2) is 8.42 Å². The minimum Gasteiger partial charge on any atom is -0.509 e. The van der Waals surface area contributed by atoms with E-state index in [0.29, 0.717) is 5.56 Å².